The molecule has 0 bridgehead atoms. The van der Waals surface area contributed by atoms with Gasteiger partial charge in [-0.25, -0.2) is 4.39 Å². The van der Waals surface area contributed by atoms with Crippen LogP contribution in [0.4, 0.5) is 4.39 Å². The zero-order valence-electron chi connectivity index (χ0n) is 13.5. The summed E-state index contributed by atoms with van der Waals surface area (Å²) >= 11 is 0. The number of benzene rings is 1. The lowest BCUT2D eigenvalue weighted by Gasteiger charge is -2.17. The van der Waals surface area contributed by atoms with Crippen molar-refractivity contribution in [1.82, 2.24) is 15.5 Å². The predicted octanol–water partition coefficient (Wildman–Crippen LogP) is 1.45. The molecule has 23 heavy (non-hydrogen) atoms. The highest BCUT2D eigenvalue weighted by atomic mass is 35.5. The molecule has 0 radical (unpaired) electrons. The summed E-state index contributed by atoms with van der Waals surface area (Å²) in [7, 11) is 3.59. The van der Waals surface area contributed by atoms with Gasteiger partial charge in [-0.05, 0) is 24.7 Å². The Morgan fingerprint density at radius 2 is 1.87 bits per heavy atom. The first kappa shape index (κ1) is 24.3. The molecule has 0 fully saturated rings. The Labute approximate surface area is 149 Å². The number of nitrogens with one attached hydrogen (secondary N) is 2. The second-order valence-electron chi connectivity index (χ2n) is 4.88. The quantitative estimate of drug-likeness (QED) is 0.613. The molecule has 8 heteroatoms. The van der Waals surface area contributed by atoms with Gasteiger partial charge in [0.2, 0.25) is 5.91 Å². The fraction of sp³-hybridized carbons (Fsp3) is 0.533. The maximum atomic E-state index is 12.8. The van der Waals surface area contributed by atoms with Crippen LogP contribution in [-0.2, 0) is 16.1 Å². The van der Waals surface area contributed by atoms with Crippen molar-refractivity contribution in [3.63, 3.8) is 0 Å². The second-order valence-corrected chi connectivity index (χ2v) is 4.88. The van der Waals surface area contributed by atoms with Crippen LogP contribution in [0.5, 0.6) is 0 Å². The van der Waals surface area contributed by atoms with Gasteiger partial charge < -0.3 is 20.3 Å². The zero-order valence-corrected chi connectivity index (χ0v) is 15.1. The summed E-state index contributed by atoms with van der Waals surface area (Å²) in [5.74, 6) is -0.254. The first-order valence-electron chi connectivity index (χ1n) is 7.01. The maximum absolute atomic E-state index is 12.8. The Morgan fingerprint density at radius 3 is 2.48 bits per heavy atom. The number of nitrogens with zero attached hydrogens (tertiary/aromatic N) is 1. The van der Waals surface area contributed by atoms with Crippen molar-refractivity contribution >= 4 is 30.7 Å². The number of ether oxygens (including phenoxy) is 1. The number of carbonyl (C=O) groups is 1. The Bertz CT molecular complexity index is 422. The van der Waals surface area contributed by atoms with E-state index in [-0.39, 0.29) is 36.5 Å². The average Bonchev–Trinajstić information content (AvgIpc) is 2.46. The number of likely N-dealkylation sites (N-methyl/N-ethyl adjacent to an activating group) is 1. The SMILES string of the molecule is COCCNCC(=O)NCCN(C)Cc1ccc(F)cc1.Cl.Cl. The number of halogens is 3. The van der Waals surface area contributed by atoms with Crippen LogP contribution in [-0.4, -0.2) is 57.8 Å². The van der Waals surface area contributed by atoms with Gasteiger partial charge in [0, 0.05) is 33.3 Å². The van der Waals surface area contributed by atoms with Gasteiger partial charge in [0.25, 0.3) is 0 Å². The summed E-state index contributed by atoms with van der Waals surface area (Å²) in [6, 6.07) is 6.45. The molecule has 0 saturated heterocycles. The molecule has 1 amide bonds. The van der Waals surface area contributed by atoms with Crippen molar-refractivity contribution in [2.75, 3.05) is 46.9 Å². The van der Waals surface area contributed by atoms with Gasteiger partial charge in [-0.2, -0.15) is 0 Å². The van der Waals surface area contributed by atoms with Crippen molar-refractivity contribution in [3.05, 3.63) is 35.6 Å². The Morgan fingerprint density at radius 1 is 1.22 bits per heavy atom. The number of methoxy groups -OCH3 is 1. The molecule has 134 valence electrons. The highest BCUT2D eigenvalue weighted by Gasteiger charge is 2.03. The smallest absolute Gasteiger partial charge is 0.234 e. The molecule has 0 saturated carbocycles. The highest BCUT2D eigenvalue weighted by molar-refractivity contribution is 5.85. The largest absolute Gasteiger partial charge is 0.383 e. The summed E-state index contributed by atoms with van der Waals surface area (Å²) in [6.07, 6.45) is 0. The van der Waals surface area contributed by atoms with E-state index in [0.29, 0.717) is 26.2 Å². The monoisotopic (exact) mass is 369 g/mol. The van der Waals surface area contributed by atoms with Gasteiger partial charge in [0.05, 0.1) is 13.2 Å². The van der Waals surface area contributed by atoms with Gasteiger partial charge in [-0.15, -0.1) is 24.8 Å². The zero-order chi connectivity index (χ0) is 15.5. The molecular weight excluding hydrogens is 344 g/mol. The van der Waals surface area contributed by atoms with Gasteiger partial charge in [-0.1, -0.05) is 12.1 Å². The lowest BCUT2D eigenvalue weighted by Crippen LogP contribution is -2.38. The normalized spacial score (nSPS) is 9.91. The number of carbonyl (C=O) groups excluding carboxylic acids is 1. The predicted molar refractivity (Wildman–Crippen MR) is 95.0 cm³/mol. The van der Waals surface area contributed by atoms with Crippen LogP contribution >= 0.6 is 24.8 Å². The van der Waals surface area contributed by atoms with E-state index < -0.39 is 0 Å². The van der Waals surface area contributed by atoms with Crippen LogP contribution in [0.1, 0.15) is 5.56 Å². The van der Waals surface area contributed by atoms with Crippen LogP contribution in [0.2, 0.25) is 0 Å². The molecule has 1 aromatic carbocycles. The molecule has 0 aromatic heterocycles. The van der Waals surface area contributed by atoms with Gasteiger partial charge in [0.15, 0.2) is 0 Å². The van der Waals surface area contributed by atoms with Crippen LogP contribution in [0.3, 0.4) is 0 Å². The minimum atomic E-state index is -0.227. The van der Waals surface area contributed by atoms with E-state index in [9.17, 15) is 9.18 Å². The van der Waals surface area contributed by atoms with E-state index in [2.05, 4.69) is 15.5 Å². The first-order chi connectivity index (χ1) is 10.1. The van der Waals surface area contributed by atoms with Crippen molar-refractivity contribution < 1.29 is 13.9 Å². The average molecular weight is 370 g/mol. The Balaban J connectivity index is 0. The van der Waals surface area contributed by atoms with E-state index in [4.69, 9.17) is 4.74 Å². The molecule has 2 N–H and O–H groups in total. The number of rotatable bonds is 10. The van der Waals surface area contributed by atoms with E-state index in [1.165, 1.54) is 12.1 Å². The minimum absolute atomic E-state index is 0. The van der Waals surface area contributed by atoms with Crippen molar-refractivity contribution in [2.45, 2.75) is 6.54 Å². The van der Waals surface area contributed by atoms with Crippen LogP contribution in [0, 0.1) is 5.82 Å². The number of amides is 1. The molecule has 0 atom stereocenters. The third-order valence-electron chi connectivity index (χ3n) is 2.95. The molecule has 1 rings (SSSR count). The van der Waals surface area contributed by atoms with Crippen molar-refractivity contribution in [2.24, 2.45) is 0 Å². The maximum Gasteiger partial charge on any atom is 0.234 e. The van der Waals surface area contributed by atoms with Gasteiger partial charge >= 0.3 is 0 Å². The van der Waals surface area contributed by atoms with Crippen molar-refractivity contribution in [1.29, 1.82) is 0 Å². The van der Waals surface area contributed by atoms with Crippen LogP contribution in [0.25, 0.3) is 0 Å². The van der Waals surface area contributed by atoms with E-state index in [0.717, 1.165) is 18.7 Å². The Kier molecular flexibility index (Phi) is 15.5. The summed E-state index contributed by atoms with van der Waals surface area (Å²) in [6.45, 7) is 3.60. The third kappa shape index (κ3) is 12.2. The summed E-state index contributed by atoms with van der Waals surface area (Å²) in [4.78, 5) is 13.6. The lowest BCUT2D eigenvalue weighted by molar-refractivity contribution is -0.120. The molecule has 0 spiro atoms. The number of hydrogen-bond acceptors (Lipinski definition) is 4. The fourth-order valence-corrected chi connectivity index (χ4v) is 1.81. The van der Waals surface area contributed by atoms with Crippen LogP contribution < -0.4 is 10.6 Å². The third-order valence-corrected chi connectivity index (χ3v) is 2.95. The molecule has 5 nitrogen and oxygen atoms in total. The highest BCUT2D eigenvalue weighted by Crippen LogP contribution is 2.04. The lowest BCUT2D eigenvalue weighted by atomic mass is 10.2. The van der Waals surface area contributed by atoms with Gasteiger partial charge in [-0.3, -0.25) is 4.79 Å². The summed E-state index contributed by atoms with van der Waals surface area (Å²) in [5.41, 5.74) is 1.05. The van der Waals surface area contributed by atoms with E-state index in [1.54, 1.807) is 19.2 Å². The van der Waals surface area contributed by atoms with E-state index in [1.807, 2.05) is 7.05 Å². The van der Waals surface area contributed by atoms with Crippen molar-refractivity contribution in [3.8, 4) is 0 Å². The van der Waals surface area contributed by atoms with E-state index >= 15 is 0 Å². The summed E-state index contributed by atoms with van der Waals surface area (Å²) < 4.78 is 17.7. The Hall–Kier alpha value is -0.920. The first-order valence-corrected chi connectivity index (χ1v) is 7.01. The molecule has 0 aliphatic heterocycles. The topological polar surface area (TPSA) is 53.6 Å². The van der Waals surface area contributed by atoms with Crippen LogP contribution in [0.15, 0.2) is 24.3 Å². The molecule has 0 aliphatic rings. The minimum Gasteiger partial charge on any atom is -0.383 e. The molecule has 0 heterocycles. The second kappa shape index (κ2) is 14.7. The summed E-state index contributed by atoms with van der Waals surface area (Å²) in [5, 5.41) is 5.82. The van der Waals surface area contributed by atoms with Gasteiger partial charge in [0.1, 0.15) is 5.82 Å². The number of hydrogen-bond donors (Lipinski definition) is 2. The molecule has 1 aromatic rings. The molecule has 0 aliphatic carbocycles. The standard InChI is InChI=1S/C15H24FN3O2.2ClH/c1-19(12-13-3-5-14(16)6-4-13)9-7-18-15(20)11-17-8-10-21-2;;/h3-6,17H,7-12H2,1-2H3,(H,18,20);2*1H. The fourth-order valence-electron chi connectivity index (χ4n) is 1.81. The molecule has 0 unspecified atom stereocenters. The molecular formula is C15H26Cl2FN3O2.